The Labute approximate surface area is 83.3 Å². The van der Waals surface area contributed by atoms with Gasteiger partial charge in [0, 0.05) is 6.54 Å². The van der Waals surface area contributed by atoms with E-state index < -0.39 is 0 Å². The lowest BCUT2D eigenvalue weighted by Gasteiger charge is -2.11. The van der Waals surface area contributed by atoms with E-state index in [2.05, 4.69) is 34.3 Å². The number of hydrogen-bond acceptors (Lipinski definition) is 3. The minimum Gasteiger partial charge on any atom is -0.349 e. The fraction of sp³-hybridized carbons (Fsp3) is 0.667. The lowest BCUT2D eigenvalue weighted by molar-refractivity contribution is 0.0936. The van der Waals surface area contributed by atoms with Crippen molar-refractivity contribution in [3.05, 3.63) is 12.2 Å². The van der Waals surface area contributed by atoms with E-state index in [9.17, 15) is 4.79 Å². The van der Waals surface area contributed by atoms with E-state index in [4.69, 9.17) is 0 Å². The largest absolute Gasteiger partial charge is 0.349 e. The van der Waals surface area contributed by atoms with Gasteiger partial charge < -0.3 is 5.32 Å². The Hall–Kier alpha value is -1.39. The highest BCUT2D eigenvalue weighted by molar-refractivity contribution is 5.90. The molecule has 5 heteroatoms. The molecule has 1 aromatic heterocycles. The molecule has 0 aromatic carbocycles. The summed E-state index contributed by atoms with van der Waals surface area (Å²) in [4.78, 5) is 15.2. The molecule has 78 valence electrons. The van der Waals surface area contributed by atoms with Crippen molar-refractivity contribution in [3.8, 4) is 0 Å². The number of carbonyl (C=O) groups is 1. The van der Waals surface area contributed by atoms with Gasteiger partial charge in [-0.15, -0.1) is 0 Å². The Morgan fingerprint density at radius 1 is 1.57 bits per heavy atom. The molecule has 1 amide bonds. The molecule has 0 fully saturated rings. The Morgan fingerprint density at radius 3 is 2.79 bits per heavy atom. The van der Waals surface area contributed by atoms with E-state index in [-0.39, 0.29) is 11.7 Å². The van der Waals surface area contributed by atoms with Gasteiger partial charge in [-0.1, -0.05) is 26.7 Å². The number of nitrogens with zero attached hydrogens (tertiary/aromatic N) is 2. The number of H-pyrrole nitrogens is 1. The Balaban J connectivity index is 2.35. The van der Waals surface area contributed by atoms with Crippen molar-refractivity contribution < 1.29 is 4.79 Å². The number of amides is 1. The smallest absolute Gasteiger partial charge is 0.288 e. The molecular weight excluding hydrogens is 180 g/mol. The first-order valence-corrected chi connectivity index (χ1v) is 4.91. The predicted octanol–water partition coefficient (Wildman–Crippen LogP) is 0.971. The Kier molecular flexibility index (Phi) is 4.10. The number of rotatable bonds is 5. The average molecular weight is 196 g/mol. The van der Waals surface area contributed by atoms with Gasteiger partial charge in [0.2, 0.25) is 5.82 Å². The molecule has 14 heavy (non-hydrogen) atoms. The van der Waals surface area contributed by atoms with Crippen LogP contribution in [0.15, 0.2) is 6.33 Å². The molecule has 1 rings (SSSR count). The van der Waals surface area contributed by atoms with Gasteiger partial charge in [0.25, 0.3) is 5.91 Å². The summed E-state index contributed by atoms with van der Waals surface area (Å²) < 4.78 is 0. The van der Waals surface area contributed by atoms with Gasteiger partial charge in [-0.2, -0.15) is 5.10 Å². The summed E-state index contributed by atoms with van der Waals surface area (Å²) in [6, 6.07) is 0. The van der Waals surface area contributed by atoms with E-state index in [0.717, 1.165) is 12.8 Å². The second kappa shape index (κ2) is 5.36. The van der Waals surface area contributed by atoms with Crippen LogP contribution < -0.4 is 5.32 Å². The summed E-state index contributed by atoms with van der Waals surface area (Å²) in [5.74, 6) is 0.632. The van der Waals surface area contributed by atoms with Crippen molar-refractivity contribution in [2.75, 3.05) is 6.54 Å². The van der Waals surface area contributed by atoms with Crippen LogP contribution in [0.3, 0.4) is 0 Å². The fourth-order valence-electron chi connectivity index (χ4n) is 1.21. The van der Waals surface area contributed by atoms with Gasteiger partial charge in [-0.05, 0) is 5.92 Å². The van der Waals surface area contributed by atoms with Gasteiger partial charge in [0.1, 0.15) is 6.33 Å². The van der Waals surface area contributed by atoms with Crippen molar-refractivity contribution in [2.45, 2.75) is 26.7 Å². The third-order valence-electron chi connectivity index (χ3n) is 2.34. The minimum atomic E-state index is -0.186. The van der Waals surface area contributed by atoms with Gasteiger partial charge in [-0.3, -0.25) is 9.89 Å². The van der Waals surface area contributed by atoms with Crippen LogP contribution in [0.4, 0.5) is 0 Å². The van der Waals surface area contributed by atoms with Crippen molar-refractivity contribution in [1.29, 1.82) is 0 Å². The zero-order valence-corrected chi connectivity index (χ0v) is 8.58. The second-order valence-electron chi connectivity index (χ2n) is 3.23. The summed E-state index contributed by atoms with van der Waals surface area (Å²) in [5, 5.41) is 8.95. The van der Waals surface area contributed by atoms with Crippen LogP contribution in [0, 0.1) is 5.92 Å². The first-order chi connectivity index (χ1) is 6.77. The summed E-state index contributed by atoms with van der Waals surface area (Å²) >= 11 is 0. The SMILES string of the molecule is CCC(CC)CNC(=O)c1ncn[nH]1. The summed E-state index contributed by atoms with van der Waals surface area (Å²) in [6.07, 6.45) is 3.48. The van der Waals surface area contributed by atoms with E-state index in [0.29, 0.717) is 12.5 Å². The Bertz CT molecular complexity index is 266. The number of carbonyl (C=O) groups excluding carboxylic acids is 1. The molecule has 1 aromatic rings. The Morgan fingerprint density at radius 2 is 2.29 bits per heavy atom. The molecule has 0 atom stereocenters. The highest BCUT2D eigenvalue weighted by Crippen LogP contribution is 2.05. The van der Waals surface area contributed by atoms with E-state index in [1.54, 1.807) is 0 Å². The van der Waals surface area contributed by atoms with E-state index in [1.807, 2.05) is 0 Å². The zero-order valence-electron chi connectivity index (χ0n) is 8.58. The van der Waals surface area contributed by atoms with Gasteiger partial charge in [0.15, 0.2) is 0 Å². The monoisotopic (exact) mass is 196 g/mol. The molecule has 0 bridgehead atoms. The van der Waals surface area contributed by atoms with Crippen LogP contribution in [0.1, 0.15) is 37.3 Å². The van der Waals surface area contributed by atoms with E-state index in [1.165, 1.54) is 6.33 Å². The molecular formula is C9H16N4O. The first-order valence-electron chi connectivity index (χ1n) is 4.91. The normalized spacial score (nSPS) is 10.5. The molecule has 0 saturated carbocycles. The molecule has 0 aliphatic rings. The van der Waals surface area contributed by atoms with Crippen molar-refractivity contribution in [3.63, 3.8) is 0 Å². The maximum Gasteiger partial charge on any atom is 0.288 e. The van der Waals surface area contributed by atoms with Crippen LogP contribution in [0.5, 0.6) is 0 Å². The topological polar surface area (TPSA) is 70.7 Å². The number of aromatic nitrogens is 3. The highest BCUT2D eigenvalue weighted by Gasteiger charge is 2.10. The molecule has 2 N–H and O–H groups in total. The zero-order chi connectivity index (χ0) is 10.4. The second-order valence-corrected chi connectivity index (χ2v) is 3.23. The molecule has 1 heterocycles. The van der Waals surface area contributed by atoms with Crippen LogP contribution in [0.2, 0.25) is 0 Å². The molecule has 0 spiro atoms. The predicted molar refractivity (Wildman–Crippen MR) is 52.8 cm³/mol. The van der Waals surface area contributed by atoms with Crippen LogP contribution in [-0.2, 0) is 0 Å². The lowest BCUT2D eigenvalue weighted by Crippen LogP contribution is -2.29. The molecule has 0 radical (unpaired) electrons. The highest BCUT2D eigenvalue weighted by atomic mass is 16.2. The number of aromatic amines is 1. The van der Waals surface area contributed by atoms with Crippen LogP contribution in [-0.4, -0.2) is 27.6 Å². The maximum atomic E-state index is 11.4. The first kappa shape index (κ1) is 10.7. The summed E-state index contributed by atoms with van der Waals surface area (Å²) in [6.45, 7) is 4.94. The van der Waals surface area contributed by atoms with Crippen LogP contribution in [0.25, 0.3) is 0 Å². The molecule has 0 aliphatic carbocycles. The quantitative estimate of drug-likeness (QED) is 0.737. The minimum absolute atomic E-state index is 0.186. The number of hydrogen-bond donors (Lipinski definition) is 2. The molecule has 0 unspecified atom stereocenters. The van der Waals surface area contributed by atoms with Crippen LogP contribution >= 0.6 is 0 Å². The number of nitrogens with one attached hydrogen (secondary N) is 2. The molecule has 0 saturated heterocycles. The average Bonchev–Trinajstić information content (AvgIpc) is 2.72. The van der Waals surface area contributed by atoms with Gasteiger partial charge in [0.05, 0.1) is 0 Å². The molecule has 5 nitrogen and oxygen atoms in total. The fourth-order valence-corrected chi connectivity index (χ4v) is 1.21. The van der Waals surface area contributed by atoms with Crippen molar-refractivity contribution in [1.82, 2.24) is 20.5 Å². The third-order valence-corrected chi connectivity index (χ3v) is 2.34. The van der Waals surface area contributed by atoms with Gasteiger partial charge >= 0.3 is 0 Å². The lowest BCUT2D eigenvalue weighted by atomic mass is 10.0. The van der Waals surface area contributed by atoms with Crippen molar-refractivity contribution in [2.24, 2.45) is 5.92 Å². The molecule has 0 aliphatic heterocycles. The summed E-state index contributed by atoms with van der Waals surface area (Å²) in [5.41, 5.74) is 0. The standard InChI is InChI=1S/C9H16N4O/c1-3-7(4-2)5-10-9(14)8-11-6-12-13-8/h6-7H,3-5H2,1-2H3,(H,10,14)(H,11,12,13). The maximum absolute atomic E-state index is 11.4. The van der Waals surface area contributed by atoms with E-state index >= 15 is 0 Å². The third kappa shape index (κ3) is 2.83. The van der Waals surface area contributed by atoms with Gasteiger partial charge in [-0.25, -0.2) is 4.98 Å². The van der Waals surface area contributed by atoms with Crippen molar-refractivity contribution >= 4 is 5.91 Å². The summed E-state index contributed by atoms with van der Waals surface area (Å²) in [7, 11) is 0.